The lowest BCUT2D eigenvalue weighted by atomic mass is 9.90. The minimum atomic E-state index is -0.655. The molecule has 0 bridgehead atoms. The maximum Gasteiger partial charge on any atom is 0.410 e. The van der Waals surface area contributed by atoms with Crippen molar-refractivity contribution in [3.8, 4) is 0 Å². The van der Waals surface area contributed by atoms with Crippen LogP contribution >= 0.6 is 0 Å². The highest BCUT2D eigenvalue weighted by atomic mass is 16.6. The smallest absolute Gasteiger partial charge is 0.410 e. The number of fused-ring (bicyclic) bond motifs is 1. The maximum absolute atomic E-state index is 12.8. The molecule has 3 atom stereocenters. The van der Waals surface area contributed by atoms with Crippen LogP contribution in [0.15, 0.2) is 36.7 Å². The molecule has 1 N–H and O–H groups in total. The second kappa shape index (κ2) is 7.85. The molecule has 1 aromatic carbocycles. The first-order chi connectivity index (χ1) is 12.8. The summed E-state index contributed by atoms with van der Waals surface area (Å²) < 4.78 is 5.63. The highest BCUT2D eigenvalue weighted by Crippen LogP contribution is 2.33. The van der Waals surface area contributed by atoms with E-state index in [1.165, 1.54) is 0 Å². The number of amides is 1. The molecule has 1 saturated heterocycles. The van der Waals surface area contributed by atoms with Crippen molar-refractivity contribution in [1.29, 1.82) is 0 Å². The lowest BCUT2D eigenvalue weighted by Gasteiger charge is -2.42. The molecule has 3 unspecified atom stereocenters. The number of ether oxygens (including phenoxy) is 1. The van der Waals surface area contributed by atoms with Crippen LogP contribution in [0.2, 0.25) is 0 Å². The van der Waals surface area contributed by atoms with E-state index in [9.17, 15) is 9.90 Å². The van der Waals surface area contributed by atoms with Crippen molar-refractivity contribution in [2.24, 2.45) is 0 Å². The Labute approximate surface area is 161 Å². The molecule has 1 aliphatic heterocycles. The molecule has 1 amide bonds. The second-order valence-corrected chi connectivity index (χ2v) is 8.52. The topological polar surface area (TPSA) is 62.7 Å². The molecular formula is C22H30N2O3. The number of pyridine rings is 1. The van der Waals surface area contributed by atoms with Crippen LogP contribution in [0.25, 0.3) is 10.8 Å². The average Bonchev–Trinajstić information content (AvgIpc) is 2.59. The van der Waals surface area contributed by atoms with E-state index < -0.39 is 11.7 Å². The molecule has 1 fully saturated rings. The quantitative estimate of drug-likeness (QED) is 0.840. The summed E-state index contributed by atoms with van der Waals surface area (Å²) in [6, 6.07) is 7.93. The van der Waals surface area contributed by atoms with E-state index in [4.69, 9.17) is 4.74 Å². The zero-order valence-electron chi connectivity index (χ0n) is 16.7. The Morgan fingerprint density at radius 1 is 1.33 bits per heavy atom. The normalized spacial score (nSPS) is 21.9. The van der Waals surface area contributed by atoms with Gasteiger partial charge in [-0.15, -0.1) is 0 Å². The molecule has 0 aliphatic carbocycles. The van der Waals surface area contributed by atoms with Crippen molar-refractivity contribution in [3.63, 3.8) is 0 Å². The first kappa shape index (κ1) is 19.6. The Balaban J connectivity index is 1.82. The Hall–Kier alpha value is -2.14. The van der Waals surface area contributed by atoms with E-state index in [2.05, 4.69) is 11.9 Å². The van der Waals surface area contributed by atoms with Crippen molar-refractivity contribution in [2.45, 2.75) is 77.2 Å². The molecule has 2 aromatic rings. The van der Waals surface area contributed by atoms with Crippen LogP contribution in [-0.2, 0) is 4.74 Å². The monoisotopic (exact) mass is 370 g/mol. The summed E-state index contributed by atoms with van der Waals surface area (Å²) in [5.74, 6) is 0. The number of aromatic nitrogens is 1. The zero-order chi connectivity index (χ0) is 19.6. The maximum atomic E-state index is 12.8. The summed E-state index contributed by atoms with van der Waals surface area (Å²) in [4.78, 5) is 18.8. The number of carbonyl (C=O) groups is 1. The van der Waals surface area contributed by atoms with Gasteiger partial charge in [0.1, 0.15) is 5.60 Å². The van der Waals surface area contributed by atoms with Gasteiger partial charge in [0, 0.05) is 29.9 Å². The van der Waals surface area contributed by atoms with Gasteiger partial charge in [-0.05, 0) is 70.4 Å². The number of hydrogen-bond acceptors (Lipinski definition) is 4. The minimum absolute atomic E-state index is 0.0365. The summed E-state index contributed by atoms with van der Waals surface area (Å²) >= 11 is 0. The van der Waals surface area contributed by atoms with E-state index in [1.807, 2.05) is 49.9 Å². The van der Waals surface area contributed by atoms with Crippen LogP contribution in [0.3, 0.4) is 0 Å². The third-order valence-electron chi connectivity index (χ3n) is 5.20. The molecule has 0 spiro atoms. The van der Waals surface area contributed by atoms with Gasteiger partial charge in [-0.2, -0.15) is 0 Å². The Morgan fingerprint density at radius 2 is 2.11 bits per heavy atom. The van der Waals surface area contributed by atoms with Gasteiger partial charge in [0.05, 0.1) is 6.10 Å². The highest BCUT2D eigenvalue weighted by molar-refractivity contribution is 5.85. The average molecular weight is 370 g/mol. The van der Waals surface area contributed by atoms with Crippen molar-refractivity contribution >= 4 is 16.9 Å². The van der Waals surface area contributed by atoms with Crippen LogP contribution in [0.1, 0.15) is 65.0 Å². The predicted octanol–water partition coefficient (Wildman–Crippen LogP) is 4.84. The summed E-state index contributed by atoms with van der Waals surface area (Å²) in [6.07, 6.45) is 6.00. The van der Waals surface area contributed by atoms with Gasteiger partial charge >= 0.3 is 6.09 Å². The lowest BCUT2D eigenvalue weighted by Crippen LogP contribution is -2.51. The summed E-state index contributed by atoms with van der Waals surface area (Å²) in [5.41, 5.74) is 0.335. The van der Waals surface area contributed by atoms with Gasteiger partial charge in [0.2, 0.25) is 0 Å². The van der Waals surface area contributed by atoms with Gasteiger partial charge in [0.15, 0.2) is 0 Å². The number of carbonyl (C=O) groups excluding carboxylic acids is 1. The van der Waals surface area contributed by atoms with Gasteiger partial charge in [-0.25, -0.2) is 4.79 Å². The van der Waals surface area contributed by atoms with Gasteiger partial charge in [-0.1, -0.05) is 18.2 Å². The number of piperidine rings is 1. The molecule has 1 aromatic heterocycles. The fourth-order valence-electron chi connectivity index (χ4n) is 3.97. The predicted molar refractivity (Wildman–Crippen MR) is 106 cm³/mol. The molecule has 3 rings (SSSR count). The molecule has 0 saturated carbocycles. The molecular weight excluding hydrogens is 340 g/mol. The number of hydrogen-bond donors (Lipinski definition) is 1. The molecule has 5 heteroatoms. The number of benzene rings is 1. The van der Waals surface area contributed by atoms with Crippen LogP contribution in [0.4, 0.5) is 4.79 Å². The molecule has 0 radical (unpaired) electrons. The second-order valence-electron chi connectivity index (χ2n) is 8.52. The summed E-state index contributed by atoms with van der Waals surface area (Å²) in [7, 11) is 0. The molecule has 1 aliphatic rings. The van der Waals surface area contributed by atoms with Crippen LogP contribution in [-0.4, -0.2) is 38.8 Å². The van der Waals surface area contributed by atoms with E-state index in [0.717, 1.165) is 35.6 Å². The fraction of sp³-hybridized carbons (Fsp3) is 0.545. The van der Waals surface area contributed by atoms with E-state index in [-0.39, 0.29) is 18.2 Å². The molecule has 2 heterocycles. The van der Waals surface area contributed by atoms with Crippen LogP contribution < -0.4 is 0 Å². The molecule has 5 nitrogen and oxygen atoms in total. The number of likely N-dealkylation sites (tertiary alicyclic amines) is 1. The summed E-state index contributed by atoms with van der Waals surface area (Å²) in [6.45, 7) is 7.70. The van der Waals surface area contributed by atoms with Crippen molar-refractivity contribution in [2.75, 3.05) is 0 Å². The Bertz CT molecular complexity index is 794. The fourth-order valence-corrected chi connectivity index (χ4v) is 3.97. The van der Waals surface area contributed by atoms with Gasteiger partial charge in [0.25, 0.3) is 0 Å². The first-order valence-electron chi connectivity index (χ1n) is 9.78. The van der Waals surface area contributed by atoms with Crippen LogP contribution in [0.5, 0.6) is 0 Å². The van der Waals surface area contributed by atoms with Crippen molar-refractivity contribution in [3.05, 3.63) is 42.2 Å². The Kier molecular flexibility index (Phi) is 5.70. The van der Waals surface area contributed by atoms with Crippen molar-refractivity contribution < 1.29 is 14.6 Å². The zero-order valence-corrected chi connectivity index (χ0v) is 16.7. The number of rotatable bonds is 3. The minimum Gasteiger partial charge on any atom is -0.444 e. The third-order valence-corrected chi connectivity index (χ3v) is 5.20. The van der Waals surface area contributed by atoms with Gasteiger partial charge in [-0.3, -0.25) is 4.98 Å². The van der Waals surface area contributed by atoms with Gasteiger partial charge < -0.3 is 14.7 Å². The first-order valence-corrected chi connectivity index (χ1v) is 9.78. The lowest BCUT2D eigenvalue weighted by molar-refractivity contribution is -0.0111. The standard InChI is InChI=1S/C22H30N2O3/c1-15-7-5-9-17(24(15)21(26)27-22(2,3)4)13-20(25)18-10-6-8-16-11-12-23-14-19(16)18/h6,8,10-12,14-15,17,20,25H,5,7,9,13H2,1-4H3. The SMILES string of the molecule is CC1CCCC(CC(O)c2cccc3ccncc23)N1C(=O)OC(C)(C)C. The Morgan fingerprint density at radius 3 is 2.85 bits per heavy atom. The van der Waals surface area contributed by atoms with E-state index in [0.29, 0.717) is 6.42 Å². The summed E-state index contributed by atoms with van der Waals surface area (Å²) in [5, 5.41) is 13.0. The third kappa shape index (κ3) is 4.59. The van der Waals surface area contributed by atoms with E-state index in [1.54, 1.807) is 12.4 Å². The number of nitrogens with zero attached hydrogens (tertiary/aromatic N) is 2. The number of aliphatic hydroxyl groups is 1. The number of aliphatic hydroxyl groups excluding tert-OH is 1. The molecule has 27 heavy (non-hydrogen) atoms. The van der Waals surface area contributed by atoms with Crippen LogP contribution in [0, 0.1) is 0 Å². The van der Waals surface area contributed by atoms with Crippen molar-refractivity contribution in [1.82, 2.24) is 9.88 Å². The molecule has 146 valence electrons. The van der Waals surface area contributed by atoms with E-state index >= 15 is 0 Å². The largest absolute Gasteiger partial charge is 0.444 e. The highest BCUT2D eigenvalue weighted by Gasteiger charge is 2.36.